The molecule has 0 radical (unpaired) electrons. The third kappa shape index (κ3) is 2.51. The van der Waals surface area contributed by atoms with Crippen LogP contribution in [0, 0.1) is 11.8 Å². The first-order chi connectivity index (χ1) is 14.0. The van der Waals surface area contributed by atoms with Crippen molar-refractivity contribution < 1.29 is 14.3 Å². The van der Waals surface area contributed by atoms with Crippen molar-refractivity contribution in [3.05, 3.63) is 29.3 Å². The van der Waals surface area contributed by atoms with Gasteiger partial charge in [0.25, 0.3) is 5.91 Å². The van der Waals surface area contributed by atoms with Crippen LogP contribution in [0.2, 0.25) is 0 Å². The lowest BCUT2D eigenvalue weighted by Gasteiger charge is -2.61. The lowest BCUT2D eigenvalue weighted by Crippen LogP contribution is -2.67. The molecule has 154 valence electrons. The van der Waals surface area contributed by atoms with Crippen LogP contribution in [0.15, 0.2) is 18.2 Å². The van der Waals surface area contributed by atoms with Gasteiger partial charge in [-0.2, -0.15) is 0 Å². The number of carbonyl (C=O) groups is 2. The number of imide groups is 1. The standard InChI is InChI=1S/C23H29N3O3/c1-29-16-5-4-15-10-19-17-6-7-23(20(27)24-21(28)25-23)13-22(17,18(15)11-16)8-9-26(19)12-14-2-3-14/h4-5,11,14,17,19H,2-3,6-10,12-13H2,1H3,(H2,24,25,27,28)/t17-,19+,22-,23-/m0/s1. The first-order valence-electron chi connectivity index (χ1n) is 11.1. The first-order valence-corrected chi connectivity index (χ1v) is 11.1. The number of nitrogens with one attached hydrogen (secondary N) is 2. The Morgan fingerprint density at radius 3 is 2.79 bits per heavy atom. The third-order valence-electron chi connectivity index (χ3n) is 8.47. The number of nitrogens with zero attached hydrogens (tertiary/aromatic N) is 1. The molecule has 2 saturated heterocycles. The first kappa shape index (κ1) is 17.8. The molecule has 4 fully saturated rings. The Balaban J connectivity index is 1.45. The molecule has 6 rings (SSSR count). The highest BCUT2D eigenvalue weighted by Crippen LogP contribution is 2.59. The molecule has 2 heterocycles. The zero-order valence-electron chi connectivity index (χ0n) is 17.0. The molecule has 5 aliphatic rings. The molecular weight excluding hydrogens is 366 g/mol. The summed E-state index contributed by atoms with van der Waals surface area (Å²) in [6.45, 7) is 2.31. The number of ether oxygens (including phenoxy) is 1. The summed E-state index contributed by atoms with van der Waals surface area (Å²) in [7, 11) is 1.72. The zero-order chi connectivity index (χ0) is 19.8. The summed E-state index contributed by atoms with van der Waals surface area (Å²) in [5, 5.41) is 5.53. The van der Waals surface area contributed by atoms with E-state index in [0.29, 0.717) is 18.4 Å². The van der Waals surface area contributed by atoms with Crippen molar-refractivity contribution >= 4 is 11.9 Å². The number of likely N-dealkylation sites (tertiary alicyclic amines) is 1. The maximum Gasteiger partial charge on any atom is 0.322 e. The fraction of sp³-hybridized carbons (Fsp3) is 0.652. The summed E-state index contributed by atoms with van der Waals surface area (Å²) in [4.78, 5) is 27.6. The van der Waals surface area contributed by atoms with Gasteiger partial charge in [-0.25, -0.2) is 4.79 Å². The highest BCUT2D eigenvalue weighted by molar-refractivity contribution is 6.07. The average Bonchev–Trinajstić information content (AvgIpc) is 3.49. The summed E-state index contributed by atoms with van der Waals surface area (Å²) in [5.41, 5.74) is 1.93. The zero-order valence-corrected chi connectivity index (χ0v) is 17.0. The molecule has 2 bridgehead atoms. The molecule has 6 nitrogen and oxygen atoms in total. The summed E-state index contributed by atoms with van der Waals surface area (Å²) in [5.74, 6) is 2.16. The van der Waals surface area contributed by atoms with Gasteiger partial charge in [0.05, 0.1) is 7.11 Å². The Bertz CT molecular complexity index is 897. The quantitative estimate of drug-likeness (QED) is 0.771. The fourth-order valence-electron chi connectivity index (χ4n) is 6.97. The molecule has 4 atom stereocenters. The van der Waals surface area contributed by atoms with Gasteiger partial charge in [0, 0.05) is 18.0 Å². The van der Waals surface area contributed by atoms with E-state index in [4.69, 9.17) is 4.74 Å². The Morgan fingerprint density at radius 1 is 1.21 bits per heavy atom. The Morgan fingerprint density at radius 2 is 2.07 bits per heavy atom. The molecule has 1 aromatic carbocycles. The van der Waals surface area contributed by atoms with E-state index in [9.17, 15) is 9.59 Å². The predicted molar refractivity (Wildman–Crippen MR) is 108 cm³/mol. The molecule has 3 amide bonds. The summed E-state index contributed by atoms with van der Waals surface area (Å²) in [6, 6.07) is 6.72. The largest absolute Gasteiger partial charge is 0.497 e. The Labute approximate surface area is 171 Å². The van der Waals surface area contributed by atoms with Crippen LogP contribution in [0.1, 0.15) is 49.7 Å². The van der Waals surface area contributed by atoms with Crippen LogP contribution in [-0.4, -0.2) is 48.6 Å². The number of hydrogen-bond donors (Lipinski definition) is 2. The van der Waals surface area contributed by atoms with E-state index in [-0.39, 0.29) is 17.4 Å². The number of benzene rings is 1. The number of methoxy groups -OCH3 is 1. The van der Waals surface area contributed by atoms with Gasteiger partial charge in [0.1, 0.15) is 11.3 Å². The van der Waals surface area contributed by atoms with E-state index in [1.807, 2.05) is 0 Å². The molecule has 29 heavy (non-hydrogen) atoms. The molecule has 3 aliphatic carbocycles. The van der Waals surface area contributed by atoms with Gasteiger partial charge in [0.15, 0.2) is 0 Å². The Kier molecular flexibility index (Phi) is 3.65. The SMILES string of the molecule is COc1ccc2c(c1)[C@]13CCN(CC4CC4)[C@H](C2)[C@@H]1CC[C@@]1(C3)NC(=O)NC1=O. The molecule has 0 unspecified atom stereocenters. The lowest BCUT2D eigenvalue weighted by molar-refractivity contribution is -0.129. The van der Waals surface area contributed by atoms with Crippen LogP contribution in [0.5, 0.6) is 5.75 Å². The van der Waals surface area contributed by atoms with Crippen molar-refractivity contribution in [3.63, 3.8) is 0 Å². The smallest absolute Gasteiger partial charge is 0.322 e. The molecule has 1 spiro atoms. The maximum absolute atomic E-state index is 12.8. The Hall–Kier alpha value is -2.08. The van der Waals surface area contributed by atoms with Crippen LogP contribution < -0.4 is 15.4 Å². The van der Waals surface area contributed by atoms with Crippen LogP contribution in [0.25, 0.3) is 0 Å². The van der Waals surface area contributed by atoms with Crippen LogP contribution in [0.4, 0.5) is 4.79 Å². The number of piperidine rings is 1. The minimum atomic E-state index is -0.755. The van der Waals surface area contributed by atoms with Crippen LogP contribution in [0.3, 0.4) is 0 Å². The van der Waals surface area contributed by atoms with Gasteiger partial charge in [-0.3, -0.25) is 15.0 Å². The second kappa shape index (κ2) is 5.97. The highest BCUT2D eigenvalue weighted by Gasteiger charge is 2.62. The highest BCUT2D eigenvalue weighted by atomic mass is 16.5. The van der Waals surface area contributed by atoms with Crippen LogP contribution >= 0.6 is 0 Å². The minimum Gasteiger partial charge on any atom is -0.497 e. The topological polar surface area (TPSA) is 70.7 Å². The minimum absolute atomic E-state index is 0.0694. The van der Waals surface area contributed by atoms with E-state index in [1.165, 1.54) is 30.5 Å². The van der Waals surface area contributed by atoms with Crippen molar-refractivity contribution in [2.24, 2.45) is 11.8 Å². The number of carbonyl (C=O) groups excluding carboxylic acids is 2. The van der Waals surface area contributed by atoms with Gasteiger partial charge >= 0.3 is 6.03 Å². The van der Waals surface area contributed by atoms with Gasteiger partial charge in [-0.15, -0.1) is 0 Å². The van der Waals surface area contributed by atoms with Crippen molar-refractivity contribution in [2.45, 2.75) is 61.9 Å². The number of hydrogen-bond acceptors (Lipinski definition) is 4. The monoisotopic (exact) mass is 395 g/mol. The molecule has 6 heteroatoms. The van der Waals surface area contributed by atoms with E-state index in [1.54, 1.807) is 7.11 Å². The van der Waals surface area contributed by atoms with Crippen molar-refractivity contribution in [2.75, 3.05) is 20.2 Å². The second-order valence-electron chi connectivity index (χ2n) is 9.95. The van der Waals surface area contributed by atoms with Gasteiger partial charge < -0.3 is 10.1 Å². The number of urea groups is 1. The van der Waals surface area contributed by atoms with E-state index in [2.05, 4.69) is 33.7 Å². The third-order valence-corrected chi connectivity index (χ3v) is 8.47. The molecule has 1 aromatic rings. The molecule has 2 N–H and O–H groups in total. The lowest BCUT2D eigenvalue weighted by atomic mass is 9.49. The molecule has 2 aliphatic heterocycles. The van der Waals surface area contributed by atoms with Gasteiger partial charge in [-0.1, -0.05) is 6.07 Å². The van der Waals surface area contributed by atoms with E-state index in [0.717, 1.165) is 43.9 Å². The fourth-order valence-corrected chi connectivity index (χ4v) is 6.97. The second-order valence-corrected chi connectivity index (χ2v) is 9.95. The summed E-state index contributed by atoms with van der Waals surface area (Å²) < 4.78 is 5.57. The van der Waals surface area contributed by atoms with Crippen molar-refractivity contribution in [1.29, 1.82) is 0 Å². The molecular formula is C23H29N3O3. The van der Waals surface area contributed by atoms with Crippen molar-refractivity contribution in [3.8, 4) is 5.75 Å². The van der Waals surface area contributed by atoms with E-state index < -0.39 is 5.54 Å². The number of amides is 3. The van der Waals surface area contributed by atoms with Crippen molar-refractivity contribution in [1.82, 2.24) is 15.5 Å². The van der Waals surface area contributed by atoms with Crippen LogP contribution in [-0.2, 0) is 16.6 Å². The summed E-state index contributed by atoms with van der Waals surface area (Å²) >= 11 is 0. The average molecular weight is 396 g/mol. The molecule has 2 saturated carbocycles. The number of fused-ring (bicyclic) bond motifs is 1. The van der Waals surface area contributed by atoms with Gasteiger partial charge in [-0.05, 0) is 86.6 Å². The maximum atomic E-state index is 12.8. The summed E-state index contributed by atoms with van der Waals surface area (Å²) in [6.07, 6.45) is 7.32. The van der Waals surface area contributed by atoms with E-state index >= 15 is 0 Å². The normalized spacial score (nSPS) is 38.2. The van der Waals surface area contributed by atoms with Gasteiger partial charge in [0.2, 0.25) is 0 Å². The number of rotatable bonds is 3. The molecule has 0 aromatic heterocycles. The predicted octanol–water partition coefficient (Wildman–Crippen LogP) is 2.35.